The SMILES string of the molecule is CCOc1cc(N)cc(C(=O)Nc2cc(C)ccc2F)c1. The highest BCUT2D eigenvalue weighted by Gasteiger charge is 2.11. The number of aryl methyl sites for hydroxylation is 1. The molecule has 0 saturated carbocycles. The molecule has 0 spiro atoms. The van der Waals surface area contributed by atoms with Crippen molar-refractivity contribution in [2.45, 2.75) is 13.8 Å². The summed E-state index contributed by atoms with van der Waals surface area (Å²) >= 11 is 0. The number of hydrogen-bond acceptors (Lipinski definition) is 3. The second-order valence-corrected chi connectivity index (χ2v) is 4.66. The summed E-state index contributed by atoms with van der Waals surface area (Å²) in [5, 5.41) is 2.54. The number of nitrogens with two attached hydrogens (primary N) is 1. The zero-order chi connectivity index (χ0) is 15.4. The standard InChI is InChI=1S/C16H17FN2O2/c1-3-21-13-8-11(7-12(18)9-13)16(20)19-15-6-10(2)4-5-14(15)17/h4-9H,3,18H2,1-2H3,(H,19,20). The summed E-state index contributed by atoms with van der Waals surface area (Å²) in [6, 6.07) is 9.25. The zero-order valence-corrected chi connectivity index (χ0v) is 11.9. The summed E-state index contributed by atoms with van der Waals surface area (Å²) in [4.78, 5) is 12.2. The lowest BCUT2D eigenvalue weighted by atomic mass is 10.1. The normalized spacial score (nSPS) is 10.2. The summed E-state index contributed by atoms with van der Waals surface area (Å²) in [5.74, 6) is -0.414. The van der Waals surface area contributed by atoms with Gasteiger partial charge in [-0.15, -0.1) is 0 Å². The third kappa shape index (κ3) is 3.72. The van der Waals surface area contributed by atoms with Crippen LogP contribution in [-0.4, -0.2) is 12.5 Å². The Kier molecular flexibility index (Phi) is 4.42. The predicted octanol–water partition coefficient (Wildman–Crippen LogP) is 3.37. The number of benzene rings is 2. The van der Waals surface area contributed by atoms with Gasteiger partial charge in [0.25, 0.3) is 5.91 Å². The van der Waals surface area contributed by atoms with E-state index in [-0.39, 0.29) is 5.69 Å². The molecule has 0 bridgehead atoms. The van der Waals surface area contributed by atoms with E-state index in [1.807, 2.05) is 13.8 Å². The molecule has 2 aromatic rings. The van der Waals surface area contributed by atoms with Crippen LogP contribution in [0.4, 0.5) is 15.8 Å². The van der Waals surface area contributed by atoms with Crippen molar-refractivity contribution in [1.82, 2.24) is 0 Å². The third-order valence-corrected chi connectivity index (χ3v) is 2.87. The van der Waals surface area contributed by atoms with Gasteiger partial charge in [-0.1, -0.05) is 6.07 Å². The van der Waals surface area contributed by atoms with Gasteiger partial charge in [-0.2, -0.15) is 0 Å². The van der Waals surface area contributed by atoms with Crippen LogP contribution in [0.1, 0.15) is 22.8 Å². The van der Waals surface area contributed by atoms with E-state index in [4.69, 9.17) is 10.5 Å². The number of nitrogen functional groups attached to an aromatic ring is 1. The lowest BCUT2D eigenvalue weighted by Crippen LogP contribution is -2.13. The summed E-state index contributed by atoms with van der Waals surface area (Å²) < 4.78 is 19.0. The Labute approximate surface area is 122 Å². The van der Waals surface area contributed by atoms with Crippen molar-refractivity contribution in [2.24, 2.45) is 0 Å². The quantitative estimate of drug-likeness (QED) is 0.848. The lowest BCUT2D eigenvalue weighted by Gasteiger charge is -2.10. The van der Waals surface area contributed by atoms with Gasteiger partial charge < -0.3 is 15.8 Å². The van der Waals surface area contributed by atoms with Crippen molar-refractivity contribution in [2.75, 3.05) is 17.7 Å². The van der Waals surface area contributed by atoms with Crippen LogP contribution in [0.25, 0.3) is 0 Å². The number of halogens is 1. The molecule has 21 heavy (non-hydrogen) atoms. The number of nitrogens with one attached hydrogen (secondary N) is 1. The number of amides is 1. The maximum Gasteiger partial charge on any atom is 0.255 e. The molecule has 0 fully saturated rings. The Morgan fingerprint density at radius 2 is 2.05 bits per heavy atom. The number of hydrogen-bond donors (Lipinski definition) is 2. The molecule has 3 N–H and O–H groups in total. The van der Waals surface area contributed by atoms with E-state index in [1.165, 1.54) is 12.1 Å². The van der Waals surface area contributed by atoms with Gasteiger partial charge in [0.15, 0.2) is 0 Å². The Balaban J connectivity index is 2.25. The van der Waals surface area contributed by atoms with Crippen LogP contribution in [0, 0.1) is 12.7 Å². The van der Waals surface area contributed by atoms with Gasteiger partial charge in [0.05, 0.1) is 12.3 Å². The molecule has 0 aliphatic carbocycles. The molecule has 2 aromatic carbocycles. The summed E-state index contributed by atoms with van der Waals surface area (Å²) in [6.45, 7) is 4.13. The fourth-order valence-corrected chi connectivity index (χ4v) is 1.93. The molecule has 0 saturated heterocycles. The van der Waals surface area contributed by atoms with Crippen molar-refractivity contribution in [3.63, 3.8) is 0 Å². The number of rotatable bonds is 4. The second kappa shape index (κ2) is 6.26. The van der Waals surface area contributed by atoms with Crippen LogP contribution in [0.2, 0.25) is 0 Å². The molecule has 110 valence electrons. The first-order chi connectivity index (χ1) is 9.99. The minimum atomic E-state index is -0.483. The fourth-order valence-electron chi connectivity index (χ4n) is 1.93. The van der Waals surface area contributed by atoms with Gasteiger partial charge in [-0.3, -0.25) is 4.79 Å². The average molecular weight is 288 g/mol. The van der Waals surface area contributed by atoms with E-state index in [9.17, 15) is 9.18 Å². The van der Waals surface area contributed by atoms with Crippen molar-refractivity contribution in [3.05, 3.63) is 53.3 Å². The van der Waals surface area contributed by atoms with E-state index in [0.717, 1.165) is 5.56 Å². The first-order valence-corrected chi connectivity index (χ1v) is 6.60. The van der Waals surface area contributed by atoms with E-state index in [0.29, 0.717) is 23.6 Å². The van der Waals surface area contributed by atoms with Crippen LogP contribution in [-0.2, 0) is 0 Å². The molecular weight excluding hydrogens is 271 g/mol. The molecule has 0 aromatic heterocycles. The molecule has 5 heteroatoms. The first-order valence-electron chi connectivity index (χ1n) is 6.60. The Morgan fingerprint density at radius 1 is 1.29 bits per heavy atom. The largest absolute Gasteiger partial charge is 0.494 e. The predicted molar refractivity (Wildman–Crippen MR) is 81.1 cm³/mol. The van der Waals surface area contributed by atoms with E-state index < -0.39 is 11.7 Å². The number of ether oxygens (including phenoxy) is 1. The van der Waals surface area contributed by atoms with Crippen molar-refractivity contribution < 1.29 is 13.9 Å². The summed E-state index contributed by atoms with van der Waals surface area (Å²) in [7, 11) is 0. The number of anilines is 2. The van der Waals surface area contributed by atoms with Crippen LogP contribution in [0.5, 0.6) is 5.75 Å². The zero-order valence-electron chi connectivity index (χ0n) is 11.9. The maximum atomic E-state index is 13.7. The van der Waals surface area contributed by atoms with Crippen LogP contribution >= 0.6 is 0 Å². The average Bonchev–Trinajstić information content (AvgIpc) is 2.42. The molecule has 0 unspecified atom stereocenters. The topological polar surface area (TPSA) is 64.3 Å². The highest BCUT2D eigenvalue weighted by atomic mass is 19.1. The minimum Gasteiger partial charge on any atom is -0.494 e. The highest BCUT2D eigenvalue weighted by molar-refractivity contribution is 6.05. The van der Waals surface area contributed by atoms with Crippen molar-refractivity contribution in [1.29, 1.82) is 0 Å². The number of carbonyl (C=O) groups excluding carboxylic acids is 1. The van der Waals surface area contributed by atoms with Crippen LogP contribution in [0.15, 0.2) is 36.4 Å². The Hall–Kier alpha value is -2.56. The van der Waals surface area contributed by atoms with Gasteiger partial charge in [-0.05, 0) is 43.7 Å². The van der Waals surface area contributed by atoms with Crippen molar-refractivity contribution >= 4 is 17.3 Å². The van der Waals surface area contributed by atoms with Gasteiger partial charge in [0.2, 0.25) is 0 Å². The Bertz CT molecular complexity index is 671. The minimum absolute atomic E-state index is 0.139. The molecule has 0 radical (unpaired) electrons. The van der Waals surface area contributed by atoms with Crippen molar-refractivity contribution in [3.8, 4) is 5.75 Å². The smallest absolute Gasteiger partial charge is 0.255 e. The third-order valence-electron chi connectivity index (χ3n) is 2.87. The monoisotopic (exact) mass is 288 g/mol. The maximum absolute atomic E-state index is 13.7. The fraction of sp³-hybridized carbons (Fsp3) is 0.188. The van der Waals surface area contributed by atoms with E-state index in [2.05, 4.69) is 5.32 Å². The number of carbonyl (C=O) groups is 1. The molecule has 1 amide bonds. The van der Waals surface area contributed by atoms with Gasteiger partial charge in [0.1, 0.15) is 11.6 Å². The van der Waals surface area contributed by atoms with Gasteiger partial charge in [0, 0.05) is 17.3 Å². The molecule has 2 rings (SSSR count). The van der Waals surface area contributed by atoms with E-state index >= 15 is 0 Å². The van der Waals surface area contributed by atoms with E-state index in [1.54, 1.807) is 24.3 Å². The molecule has 0 atom stereocenters. The van der Waals surface area contributed by atoms with Crippen LogP contribution in [0.3, 0.4) is 0 Å². The van der Waals surface area contributed by atoms with Gasteiger partial charge in [-0.25, -0.2) is 4.39 Å². The Morgan fingerprint density at radius 3 is 2.76 bits per heavy atom. The van der Waals surface area contributed by atoms with Gasteiger partial charge >= 0.3 is 0 Å². The summed E-state index contributed by atoms with van der Waals surface area (Å²) in [5.41, 5.74) is 7.47. The lowest BCUT2D eigenvalue weighted by molar-refractivity contribution is 0.102. The summed E-state index contributed by atoms with van der Waals surface area (Å²) in [6.07, 6.45) is 0. The molecule has 0 aliphatic rings. The molecule has 0 aliphatic heterocycles. The second-order valence-electron chi connectivity index (χ2n) is 4.66. The first kappa shape index (κ1) is 14.8. The molecular formula is C16H17FN2O2. The van der Waals surface area contributed by atoms with Crippen LogP contribution < -0.4 is 15.8 Å². The molecule has 0 heterocycles. The molecule has 4 nitrogen and oxygen atoms in total. The highest BCUT2D eigenvalue weighted by Crippen LogP contribution is 2.21.